The number of carbonyl (C=O) groups excluding carboxylic acids is 1. The Morgan fingerprint density at radius 3 is 2.72 bits per heavy atom. The number of aromatic amines is 1. The van der Waals surface area contributed by atoms with Crippen molar-refractivity contribution in [2.45, 2.75) is 25.3 Å². The van der Waals surface area contributed by atoms with Crippen molar-refractivity contribution in [3.8, 4) is 22.4 Å². The Balaban J connectivity index is 1.50. The average Bonchev–Trinajstić information content (AvgIpc) is 3.48. The number of H-pyrrole nitrogens is 1. The zero-order chi connectivity index (χ0) is 25.1. The number of nitrogens with one attached hydrogen (secondary N) is 2. The van der Waals surface area contributed by atoms with Gasteiger partial charge >= 0.3 is 0 Å². The van der Waals surface area contributed by atoms with Crippen LogP contribution in [0.15, 0.2) is 41.3 Å². The minimum Gasteiger partial charge on any atom is -0.384 e. The highest BCUT2D eigenvalue weighted by molar-refractivity contribution is 6.31. The molecule has 8 nitrogen and oxygen atoms in total. The van der Waals surface area contributed by atoms with Crippen LogP contribution in [0.5, 0.6) is 0 Å². The van der Waals surface area contributed by atoms with Crippen LogP contribution in [0.25, 0.3) is 22.4 Å². The Morgan fingerprint density at radius 1 is 1.08 bits per heavy atom. The summed E-state index contributed by atoms with van der Waals surface area (Å²) in [7, 11) is 0. The number of hydrogen-bond donors (Lipinski definition) is 3. The number of nitrogens with zero attached hydrogens (tertiary/aromatic N) is 3. The van der Waals surface area contributed by atoms with Gasteiger partial charge in [-0.1, -0.05) is 17.7 Å². The van der Waals surface area contributed by atoms with E-state index >= 15 is 4.39 Å². The second-order valence-corrected chi connectivity index (χ2v) is 9.21. The molecule has 0 radical (unpaired) electrons. The third-order valence-corrected chi connectivity index (χ3v) is 7.04. The van der Waals surface area contributed by atoms with Gasteiger partial charge in [0.25, 0.3) is 11.5 Å². The second kappa shape index (κ2) is 8.27. The van der Waals surface area contributed by atoms with Crippen molar-refractivity contribution in [3.05, 3.63) is 86.3 Å². The Hall–Kier alpha value is -4.05. The van der Waals surface area contributed by atoms with Crippen LogP contribution in [-0.2, 0) is 12.8 Å². The molecule has 1 aromatic carbocycles. The summed E-state index contributed by atoms with van der Waals surface area (Å²) >= 11 is 6.07. The molecule has 1 amide bonds. The molecule has 0 aliphatic carbocycles. The van der Waals surface area contributed by atoms with Crippen LogP contribution in [-0.4, -0.2) is 32.0 Å². The molecule has 6 rings (SSSR count). The van der Waals surface area contributed by atoms with E-state index in [-0.39, 0.29) is 39.0 Å². The van der Waals surface area contributed by atoms with Crippen LogP contribution in [0.4, 0.5) is 14.6 Å². The van der Waals surface area contributed by atoms with Crippen LogP contribution >= 0.6 is 11.6 Å². The molecule has 182 valence electrons. The number of amides is 1. The third-order valence-electron chi connectivity index (χ3n) is 6.75. The zero-order valence-corrected chi connectivity index (χ0v) is 19.5. The average molecular weight is 509 g/mol. The van der Waals surface area contributed by atoms with Gasteiger partial charge in [-0.25, -0.2) is 14.4 Å². The number of hydrogen-bond acceptors (Lipinski definition) is 5. The molecule has 0 spiro atoms. The molecular weight excluding hydrogens is 490 g/mol. The third kappa shape index (κ3) is 3.40. The first kappa shape index (κ1) is 22.4. The molecule has 1 atom stereocenters. The van der Waals surface area contributed by atoms with E-state index in [2.05, 4.69) is 20.3 Å². The maximum Gasteiger partial charge on any atom is 0.253 e. The normalized spacial score (nSPS) is 16.5. The van der Waals surface area contributed by atoms with Gasteiger partial charge in [0, 0.05) is 29.4 Å². The lowest BCUT2D eigenvalue weighted by Crippen LogP contribution is -2.33. The summed E-state index contributed by atoms with van der Waals surface area (Å²) in [5.41, 5.74) is 7.52. The number of halogens is 3. The zero-order valence-electron chi connectivity index (χ0n) is 18.7. The Labute approximate surface area is 208 Å². The number of carbonyl (C=O) groups is 1. The van der Waals surface area contributed by atoms with E-state index in [0.29, 0.717) is 48.6 Å². The van der Waals surface area contributed by atoms with Crippen molar-refractivity contribution in [1.29, 1.82) is 0 Å². The minimum atomic E-state index is -0.744. The lowest BCUT2D eigenvalue weighted by Gasteiger charge is -2.22. The van der Waals surface area contributed by atoms with E-state index < -0.39 is 23.4 Å². The first-order valence-corrected chi connectivity index (χ1v) is 11.7. The number of fused-ring (bicyclic) bond motifs is 5. The standard InChI is InChI=1S/C25H19ClF2N6O2/c26-14-3-1-11-7-8-30-25(36)21-13(20(11)22(14)27)9-19(35)34-16(21)4-5-17(34)24-31-10-15(32-24)12-2-6-18(29)33-23(12)28/h1-3,6,9-10,17H,4-5,7-8H2,(H2,29,33)(H,30,36)(H,31,32)/t17-/m0/s1. The fourth-order valence-corrected chi connectivity index (χ4v) is 5.31. The highest BCUT2D eigenvalue weighted by atomic mass is 35.5. The van der Waals surface area contributed by atoms with Gasteiger partial charge in [0.2, 0.25) is 5.95 Å². The van der Waals surface area contributed by atoms with Gasteiger partial charge in [-0.05, 0) is 43.0 Å². The van der Waals surface area contributed by atoms with Gasteiger partial charge in [0.1, 0.15) is 17.5 Å². The molecule has 36 heavy (non-hydrogen) atoms. The van der Waals surface area contributed by atoms with Gasteiger partial charge in [-0.15, -0.1) is 0 Å². The fourth-order valence-electron chi connectivity index (χ4n) is 5.15. The van der Waals surface area contributed by atoms with Crippen molar-refractivity contribution in [3.63, 3.8) is 0 Å². The summed E-state index contributed by atoms with van der Waals surface area (Å²) in [5, 5.41) is 2.79. The smallest absolute Gasteiger partial charge is 0.253 e. The van der Waals surface area contributed by atoms with E-state index in [1.54, 1.807) is 6.07 Å². The Kier molecular flexibility index (Phi) is 5.15. The largest absolute Gasteiger partial charge is 0.384 e. The molecule has 2 aliphatic heterocycles. The molecule has 3 aromatic heterocycles. The quantitative estimate of drug-likeness (QED) is 0.357. The fraction of sp³-hybridized carbons (Fsp3) is 0.200. The van der Waals surface area contributed by atoms with Gasteiger partial charge < -0.3 is 20.6 Å². The van der Waals surface area contributed by atoms with Crippen LogP contribution in [0.2, 0.25) is 5.02 Å². The predicted molar refractivity (Wildman–Crippen MR) is 130 cm³/mol. The topological polar surface area (TPSA) is 119 Å². The van der Waals surface area contributed by atoms with Crippen molar-refractivity contribution >= 4 is 23.3 Å². The van der Waals surface area contributed by atoms with Crippen molar-refractivity contribution in [2.24, 2.45) is 0 Å². The number of benzene rings is 1. The number of rotatable bonds is 2. The van der Waals surface area contributed by atoms with E-state index in [4.69, 9.17) is 17.3 Å². The van der Waals surface area contributed by atoms with Crippen LogP contribution in [0.3, 0.4) is 0 Å². The van der Waals surface area contributed by atoms with Crippen molar-refractivity contribution < 1.29 is 13.6 Å². The summed E-state index contributed by atoms with van der Waals surface area (Å²) in [6, 6.07) is 6.93. The van der Waals surface area contributed by atoms with Gasteiger partial charge in [-0.2, -0.15) is 4.39 Å². The first-order chi connectivity index (χ1) is 17.3. The molecule has 0 saturated heterocycles. The Bertz CT molecular complexity index is 1630. The highest BCUT2D eigenvalue weighted by Crippen LogP contribution is 2.39. The molecule has 0 saturated carbocycles. The summed E-state index contributed by atoms with van der Waals surface area (Å²) in [4.78, 5) is 37.7. The molecule has 0 bridgehead atoms. The molecule has 4 aromatic rings. The number of anilines is 1. The molecule has 4 N–H and O–H groups in total. The highest BCUT2D eigenvalue weighted by Gasteiger charge is 2.34. The van der Waals surface area contributed by atoms with Crippen LogP contribution < -0.4 is 16.6 Å². The van der Waals surface area contributed by atoms with Crippen LogP contribution in [0.1, 0.15) is 39.9 Å². The summed E-state index contributed by atoms with van der Waals surface area (Å²) in [6.07, 6.45) is 2.73. The molecule has 11 heteroatoms. The van der Waals surface area contributed by atoms with E-state index in [1.807, 2.05) is 0 Å². The number of nitrogens with two attached hydrogens (primary N) is 1. The SMILES string of the molecule is Nc1ccc(-c2cnc([C@@H]3CCc4c5c(cc(=O)n43)-c3c(ccc(Cl)c3F)CCNC5=O)[nH]2)c(F)n1. The lowest BCUT2D eigenvalue weighted by atomic mass is 9.90. The van der Waals surface area contributed by atoms with E-state index in [9.17, 15) is 14.0 Å². The van der Waals surface area contributed by atoms with Crippen molar-refractivity contribution in [2.75, 3.05) is 12.3 Å². The van der Waals surface area contributed by atoms with E-state index in [1.165, 1.54) is 35.0 Å². The monoisotopic (exact) mass is 508 g/mol. The van der Waals surface area contributed by atoms with Crippen molar-refractivity contribution in [1.82, 2.24) is 24.8 Å². The van der Waals surface area contributed by atoms with Crippen LogP contribution in [0, 0.1) is 11.8 Å². The molecule has 5 heterocycles. The van der Waals surface area contributed by atoms with Gasteiger partial charge in [-0.3, -0.25) is 9.59 Å². The number of nitrogen functional groups attached to an aromatic ring is 1. The number of pyridine rings is 2. The molecule has 2 aliphatic rings. The van der Waals surface area contributed by atoms with Gasteiger partial charge in [0.15, 0.2) is 0 Å². The lowest BCUT2D eigenvalue weighted by molar-refractivity contribution is 0.0952. The first-order valence-electron chi connectivity index (χ1n) is 11.3. The maximum absolute atomic E-state index is 15.2. The summed E-state index contributed by atoms with van der Waals surface area (Å²) in [6.45, 7) is 0.317. The van der Waals surface area contributed by atoms with Gasteiger partial charge in [0.05, 0.1) is 34.1 Å². The molecule has 0 fully saturated rings. The maximum atomic E-state index is 15.2. The Morgan fingerprint density at radius 2 is 1.92 bits per heavy atom. The second-order valence-electron chi connectivity index (χ2n) is 8.80. The minimum absolute atomic E-state index is 0.0568. The number of aromatic nitrogens is 4. The predicted octanol–water partition coefficient (Wildman–Crippen LogP) is 3.64. The summed E-state index contributed by atoms with van der Waals surface area (Å²) in [5.74, 6) is -1.29. The summed E-state index contributed by atoms with van der Waals surface area (Å²) < 4.78 is 31.1. The van der Waals surface area contributed by atoms with E-state index in [0.717, 1.165) is 0 Å². The molecular formula is C25H19ClF2N6O2. The molecule has 0 unspecified atom stereocenters. The number of imidazole rings is 1.